The number of rotatable bonds is 7. The molecule has 0 amide bonds. The van der Waals surface area contributed by atoms with Crippen molar-refractivity contribution in [1.82, 2.24) is 9.97 Å². The second-order valence-electron chi connectivity index (χ2n) is 5.77. The summed E-state index contributed by atoms with van der Waals surface area (Å²) in [5.74, 6) is 2.86. The van der Waals surface area contributed by atoms with Crippen LogP contribution in [-0.2, 0) is 4.74 Å². The molecule has 5 heteroatoms. The van der Waals surface area contributed by atoms with Gasteiger partial charge < -0.3 is 15.0 Å². The zero-order valence-corrected chi connectivity index (χ0v) is 13.8. The molecule has 1 heterocycles. The van der Waals surface area contributed by atoms with Crippen LogP contribution in [0.3, 0.4) is 0 Å². The Morgan fingerprint density at radius 3 is 2.57 bits per heavy atom. The zero-order valence-electron chi connectivity index (χ0n) is 13.8. The second kappa shape index (κ2) is 7.59. The Morgan fingerprint density at radius 1 is 1.24 bits per heavy atom. The molecular weight excluding hydrogens is 264 g/mol. The highest BCUT2D eigenvalue weighted by Crippen LogP contribution is 2.27. The molecule has 21 heavy (non-hydrogen) atoms. The summed E-state index contributed by atoms with van der Waals surface area (Å²) < 4.78 is 5.20. The van der Waals surface area contributed by atoms with E-state index in [9.17, 15) is 0 Å². The number of aryl methyl sites for hydroxylation is 1. The number of likely N-dealkylation sites (N-methyl/N-ethyl adjacent to an activating group) is 1. The molecular formula is C16H28N4O. The van der Waals surface area contributed by atoms with Gasteiger partial charge in [0, 0.05) is 31.8 Å². The van der Waals surface area contributed by atoms with Gasteiger partial charge in [0.2, 0.25) is 0 Å². The van der Waals surface area contributed by atoms with Gasteiger partial charge in [0.15, 0.2) is 0 Å². The summed E-state index contributed by atoms with van der Waals surface area (Å²) >= 11 is 0. The number of aromatic nitrogens is 2. The van der Waals surface area contributed by atoms with Crippen molar-refractivity contribution in [1.29, 1.82) is 0 Å². The van der Waals surface area contributed by atoms with Gasteiger partial charge in [-0.1, -0.05) is 12.8 Å². The van der Waals surface area contributed by atoms with E-state index < -0.39 is 0 Å². The standard InChI is InChI=1S/C16H28N4O/c1-5-20(10-11-21-4)16-12(2)15(17-13(3)18-16)19-14-8-6-7-9-14/h14H,5-11H2,1-4H3,(H,17,18,19). The van der Waals surface area contributed by atoms with Crippen LogP contribution in [0.15, 0.2) is 0 Å². The third kappa shape index (κ3) is 4.06. The lowest BCUT2D eigenvalue weighted by Gasteiger charge is -2.25. The van der Waals surface area contributed by atoms with E-state index in [1.165, 1.54) is 25.7 Å². The van der Waals surface area contributed by atoms with Crippen LogP contribution in [0.5, 0.6) is 0 Å². The van der Waals surface area contributed by atoms with Gasteiger partial charge in [-0.25, -0.2) is 9.97 Å². The topological polar surface area (TPSA) is 50.3 Å². The summed E-state index contributed by atoms with van der Waals surface area (Å²) in [6, 6.07) is 0.569. The highest BCUT2D eigenvalue weighted by atomic mass is 16.5. The first-order chi connectivity index (χ1) is 10.2. The van der Waals surface area contributed by atoms with Crippen molar-refractivity contribution in [3.8, 4) is 0 Å². The third-order valence-electron chi connectivity index (χ3n) is 4.17. The maximum absolute atomic E-state index is 5.20. The molecule has 5 nitrogen and oxygen atoms in total. The van der Waals surface area contributed by atoms with E-state index in [-0.39, 0.29) is 0 Å². The van der Waals surface area contributed by atoms with Crippen molar-refractivity contribution in [2.45, 2.75) is 52.5 Å². The fourth-order valence-electron chi connectivity index (χ4n) is 2.94. The smallest absolute Gasteiger partial charge is 0.137 e. The molecule has 0 saturated heterocycles. The van der Waals surface area contributed by atoms with Crippen molar-refractivity contribution in [2.24, 2.45) is 0 Å². The first-order valence-electron chi connectivity index (χ1n) is 8.01. The molecule has 2 rings (SSSR count). The Labute approximate surface area is 128 Å². The molecule has 1 saturated carbocycles. The van der Waals surface area contributed by atoms with Crippen molar-refractivity contribution >= 4 is 11.6 Å². The number of methoxy groups -OCH3 is 1. The van der Waals surface area contributed by atoms with Crippen LogP contribution in [-0.4, -0.2) is 42.8 Å². The predicted octanol–water partition coefficient (Wildman–Crippen LogP) is 2.92. The molecule has 118 valence electrons. The van der Waals surface area contributed by atoms with Crippen LogP contribution in [0.2, 0.25) is 0 Å². The normalized spacial score (nSPS) is 15.4. The number of anilines is 2. The van der Waals surface area contributed by atoms with Crippen LogP contribution in [0.25, 0.3) is 0 Å². The highest BCUT2D eigenvalue weighted by molar-refractivity contribution is 5.59. The average Bonchev–Trinajstić information content (AvgIpc) is 2.97. The molecule has 0 radical (unpaired) electrons. The molecule has 0 unspecified atom stereocenters. The molecule has 1 aliphatic carbocycles. The van der Waals surface area contributed by atoms with Crippen LogP contribution in [0.1, 0.15) is 44.0 Å². The highest BCUT2D eigenvalue weighted by Gasteiger charge is 2.19. The van der Waals surface area contributed by atoms with Crippen molar-refractivity contribution in [3.63, 3.8) is 0 Å². The van der Waals surface area contributed by atoms with Gasteiger partial charge in [0.25, 0.3) is 0 Å². The van der Waals surface area contributed by atoms with Crippen molar-refractivity contribution in [2.75, 3.05) is 37.0 Å². The number of hydrogen-bond acceptors (Lipinski definition) is 5. The monoisotopic (exact) mass is 292 g/mol. The Hall–Kier alpha value is -1.36. The fraction of sp³-hybridized carbons (Fsp3) is 0.750. The molecule has 1 N–H and O–H groups in total. The van der Waals surface area contributed by atoms with E-state index in [2.05, 4.69) is 34.0 Å². The summed E-state index contributed by atoms with van der Waals surface area (Å²) in [7, 11) is 1.74. The van der Waals surface area contributed by atoms with Crippen LogP contribution >= 0.6 is 0 Å². The molecule has 0 aromatic carbocycles. The van der Waals surface area contributed by atoms with Crippen molar-refractivity contribution in [3.05, 3.63) is 11.4 Å². The number of hydrogen-bond donors (Lipinski definition) is 1. The third-order valence-corrected chi connectivity index (χ3v) is 4.17. The van der Waals surface area contributed by atoms with Gasteiger partial charge >= 0.3 is 0 Å². The van der Waals surface area contributed by atoms with E-state index in [1.807, 2.05) is 6.92 Å². The van der Waals surface area contributed by atoms with E-state index >= 15 is 0 Å². The van der Waals surface area contributed by atoms with Crippen LogP contribution < -0.4 is 10.2 Å². The van der Waals surface area contributed by atoms with Crippen LogP contribution in [0, 0.1) is 13.8 Å². The SMILES string of the molecule is CCN(CCOC)c1nc(C)nc(NC2CCCC2)c1C. The molecule has 1 aromatic heterocycles. The molecule has 1 aliphatic rings. The molecule has 0 spiro atoms. The quantitative estimate of drug-likeness (QED) is 0.837. The largest absolute Gasteiger partial charge is 0.383 e. The lowest BCUT2D eigenvalue weighted by atomic mass is 10.2. The van der Waals surface area contributed by atoms with Crippen LogP contribution in [0.4, 0.5) is 11.6 Å². The predicted molar refractivity (Wildman–Crippen MR) is 87.1 cm³/mol. The summed E-state index contributed by atoms with van der Waals surface area (Å²) in [4.78, 5) is 11.5. The Balaban J connectivity index is 2.21. The first kappa shape index (κ1) is 16.0. The van der Waals surface area contributed by atoms with Gasteiger partial charge in [-0.05, 0) is 33.6 Å². The lowest BCUT2D eigenvalue weighted by Crippen LogP contribution is -2.29. The first-order valence-corrected chi connectivity index (χ1v) is 8.01. The summed E-state index contributed by atoms with van der Waals surface area (Å²) in [6.45, 7) is 8.71. The molecule has 1 aromatic rings. The fourth-order valence-corrected chi connectivity index (χ4v) is 2.94. The number of nitrogens with one attached hydrogen (secondary N) is 1. The van der Waals surface area contributed by atoms with E-state index in [4.69, 9.17) is 4.74 Å². The maximum atomic E-state index is 5.20. The van der Waals surface area contributed by atoms with Crippen molar-refractivity contribution < 1.29 is 4.74 Å². The molecule has 0 aliphatic heterocycles. The second-order valence-corrected chi connectivity index (χ2v) is 5.77. The number of nitrogens with zero attached hydrogens (tertiary/aromatic N) is 3. The molecule has 1 fully saturated rings. The van der Waals surface area contributed by atoms with Gasteiger partial charge in [0.1, 0.15) is 17.5 Å². The maximum Gasteiger partial charge on any atom is 0.137 e. The Bertz CT molecular complexity index is 458. The minimum absolute atomic E-state index is 0.569. The van der Waals surface area contributed by atoms with Gasteiger partial charge in [-0.15, -0.1) is 0 Å². The zero-order chi connectivity index (χ0) is 15.2. The Morgan fingerprint density at radius 2 is 1.95 bits per heavy atom. The average molecular weight is 292 g/mol. The van der Waals surface area contributed by atoms with E-state index in [1.54, 1.807) is 7.11 Å². The van der Waals surface area contributed by atoms with E-state index in [0.717, 1.165) is 36.1 Å². The van der Waals surface area contributed by atoms with Gasteiger partial charge in [0.05, 0.1) is 6.61 Å². The summed E-state index contributed by atoms with van der Waals surface area (Å²) in [6.07, 6.45) is 5.14. The lowest BCUT2D eigenvalue weighted by molar-refractivity contribution is 0.205. The van der Waals surface area contributed by atoms with Gasteiger partial charge in [-0.3, -0.25) is 0 Å². The minimum Gasteiger partial charge on any atom is -0.383 e. The molecule has 0 atom stereocenters. The minimum atomic E-state index is 0.569. The number of ether oxygens (including phenoxy) is 1. The molecule has 0 bridgehead atoms. The Kier molecular flexibility index (Phi) is 5.79. The summed E-state index contributed by atoms with van der Waals surface area (Å²) in [5.41, 5.74) is 1.14. The van der Waals surface area contributed by atoms with E-state index in [0.29, 0.717) is 12.6 Å². The van der Waals surface area contributed by atoms with Gasteiger partial charge in [-0.2, -0.15) is 0 Å². The summed E-state index contributed by atoms with van der Waals surface area (Å²) in [5, 5.41) is 3.62.